The number of likely N-dealkylation sites (tertiary alicyclic amines) is 1. The monoisotopic (exact) mass is 420 g/mol. The van der Waals surface area contributed by atoms with E-state index in [-0.39, 0.29) is 6.42 Å². The zero-order valence-electron chi connectivity index (χ0n) is 16.9. The molecule has 4 rings (SSSR count). The van der Waals surface area contributed by atoms with Crippen LogP contribution in [0.15, 0.2) is 66.9 Å². The van der Waals surface area contributed by atoms with Gasteiger partial charge < -0.3 is 14.7 Å². The highest BCUT2D eigenvalue weighted by Gasteiger charge is 2.42. The second kappa shape index (κ2) is 8.55. The van der Waals surface area contributed by atoms with Gasteiger partial charge in [-0.1, -0.05) is 30.3 Å². The first kappa shape index (κ1) is 20.5. The number of methoxy groups -OCH3 is 1. The van der Waals surface area contributed by atoms with Gasteiger partial charge in [-0.3, -0.25) is 4.79 Å². The van der Waals surface area contributed by atoms with Gasteiger partial charge in [0.15, 0.2) is 0 Å². The molecule has 1 aromatic heterocycles. The highest BCUT2D eigenvalue weighted by atomic mass is 19.1. The van der Waals surface area contributed by atoms with Crippen molar-refractivity contribution >= 4 is 11.9 Å². The maximum absolute atomic E-state index is 14.4. The van der Waals surface area contributed by atoms with E-state index in [1.807, 2.05) is 6.07 Å². The van der Waals surface area contributed by atoms with Crippen LogP contribution in [0.25, 0.3) is 11.1 Å². The maximum atomic E-state index is 14.4. The fraction of sp³-hybridized carbons (Fsp3) is 0.208. The van der Waals surface area contributed by atoms with Crippen LogP contribution in [0.5, 0.6) is 5.88 Å². The van der Waals surface area contributed by atoms with Gasteiger partial charge in [0, 0.05) is 22.9 Å². The van der Waals surface area contributed by atoms with Crippen molar-refractivity contribution in [2.75, 3.05) is 7.11 Å². The summed E-state index contributed by atoms with van der Waals surface area (Å²) < 4.78 is 19.7. The van der Waals surface area contributed by atoms with Gasteiger partial charge in [0.05, 0.1) is 13.2 Å². The Morgan fingerprint density at radius 1 is 1.06 bits per heavy atom. The standard InChI is InChI=1S/C24H21FN2O4/c1-31-22-17(6-4-14-26-22)15-8-10-16(11-9-15)23(28)27-20(12-13-21(27)24(29)30)18-5-2-3-7-19(18)25/h2-11,14,20-21H,12-13H2,1H3,(H,29,30)/t20-,21+/m1/s1. The molecule has 1 saturated heterocycles. The molecule has 0 bridgehead atoms. The molecule has 3 aromatic rings. The van der Waals surface area contributed by atoms with Gasteiger partial charge in [0.1, 0.15) is 11.9 Å². The molecule has 31 heavy (non-hydrogen) atoms. The predicted molar refractivity (Wildman–Crippen MR) is 112 cm³/mol. The summed E-state index contributed by atoms with van der Waals surface area (Å²) in [6.45, 7) is 0. The Labute approximate surface area is 178 Å². The molecule has 0 aliphatic carbocycles. The number of amides is 1. The molecular weight excluding hydrogens is 399 g/mol. The second-order valence-electron chi connectivity index (χ2n) is 7.32. The summed E-state index contributed by atoms with van der Waals surface area (Å²) in [5.74, 6) is -1.52. The fourth-order valence-corrected chi connectivity index (χ4v) is 4.10. The minimum absolute atomic E-state index is 0.269. The van der Waals surface area contributed by atoms with Crippen LogP contribution in [-0.2, 0) is 4.79 Å². The highest BCUT2D eigenvalue weighted by molar-refractivity contribution is 5.97. The normalized spacial score (nSPS) is 18.1. The average molecular weight is 420 g/mol. The van der Waals surface area contributed by atoms with Crippen molar-refractivity contribution in [1.82, 2.24) is 9.88 Å². The third-order valence-corrected chi connectivity index (χ3v) is 5.58. The summed E-state index contributed by atoms with van der Waals surface area (Å²) in [5.41, 5.74) is 2.25. The highest BCUT2D eigenvalue weighted by Crippen LogP contribution is 2.38. The Bertz CT molecular complexity index is 1120. The number of hydrogen-bond acceptors (Lipinski definition) is 4. The minimum atomic E-state index is -1.09. The zero-order valence-corrected chi connectivity index (χ0v) is 16.9. The van der Waals surface area contributed by atoms with Gasteiger partial charge >= 0.3 is 5.97 Å². The quantitative estimate of drug-likeness (QED) is 0.665. The number of carboxylic acid groups (broad SMARTS) is 1. The molecule has 1 fully saturated rings. The largest absolute Gasteiger partial charge is 0.481 e. The third kappa shape index (κ3) is 3.86. The van der Waals surface area contributed by atoms with E-state index in [1.165, 1.54) is 18.1 Å². The van der Waals surface area contributed by atoms with E-state index in [4.69, 9.17) is 4.74 Å². The van der Waals surface area contributed by atoms with Gasteiger partial charge in [0.25, 0.3) is 5.91 Å². The van der Waals surface area contributed by atoms with Crippen LogP contribution in [0, 0.1) is 5.82 Å². The lowest BCUT2D eigenvalue weighted by Crippen LogP contribution is -2.42. The molecule has 0 saturated carbocycles. The van der Waals surface area contributed by atoms with Crippen molar-refractivity contribution < 1.29 is 23.8 Å². The summed E-state index contributed by atoms with van der Waals surface area (Å²) in [5, 5.41) is 9.66. The van der Waals surface area contributed by atoms with E-state index in [1.54, 1.807) is 54.7 Å². The lowest BCUT2D eigenvalue weighted by molar-refractivity contribution is -0.141. The molecule has 6 nitrogen and oxygen atoms in total. The summed E-state index contributed by atoms with van der Waals surface area (Å²) in [6.07, 6.45) is 2.28. The van der Waals surface area contributed by atoms with Crippen LogP contribution in [0.1, 0.15) is 34.8 Å². The molecule has 1 N–H and O–H groups in total. The first-order valence-corrected chi connectivity index (χ1v) is 9.90. The van der Waals surface area contributed by atoms with E-state index in [0.717, 1.165) is 11.1 Å². The molecular formula is C24H21FN2O4. The lowest BCUT2D eigenvalue weighted by Gasteiger charge is -2.29. The number of carbonyl (C=O) groups excluding carboxylic acids is 1. The van der Waals surface area contributed by atoms with Crippen molar-refractivity contribution in [3.8, 4) is 17.0 Å². The molecule has 1 amide bonds. The van der Waals surface area contributed by atoms with Gasteiger partial charge in [0.2, 0.25) is 5.88 Å². The second-order valence-corrected chi connectivity index (χ2v) is 7.32. The Hall–Kier alpha value is -3.74. The van der Waals surface area contributed by atoms with E-state index in [2.05, 4.69) is 4.98 Å². The first-order valence-electron chi connectivity index (χ1n) is 9.90. The SMILES string of the molecule is COc1ncccc1-c1ccc(C(=O)N2[C@@H](c3ccccc3F)CC[C@H]2C(=O)O)cc1. The number of carboxylic acids is 1. The third-order valence-electron chi connectivity index (χ3n) is 5.58. The van der Waals surface area contributed by atoms with E-state index < -0.39 is 29.8 Å². The fourth-order valence-electron chi connectivity index (χ4n) is 4.10. The molecule has 0 unspecified atom stereocenters. The Morgan fingerprint density at radius 3 is 2.48 bits per heavy atom. The first-order chi connectivity index (χ1) is 15.0. The summed E-state index contributed by atoms with van der Waals surface area (Å²) in [6, 6.07) is 15.0. The molecule has 2 aromatic carbocycles. The molecule has 7 heteroatoms. The van der Waals surface area contributed by atoms with Crippen LogP contribution in [0.2, 0.25) is 0 Å². The maximum Gasteiger partial charge on any atom is 0.326 e. The van der Waals surface area contributed by atoms with E-state index >= 15 is 0 Å². The van der Waals surface area contributed by atoms with Crippen LogP contribution < -0.4 is 4.74 Å². The molecule has 1 aliphatic rings. The molecule has 1 aliphatic heterocycles. The van der Waals surface area contributed by atoms with Crippen LogP contribution in [0.3, 0.4) is 0 Å². The topological polar surface area (TPSA) is 79.7 Å². The van der Waals surface area contributed by atoms with Crippen LogP contribution in [0.4, 0.5) is 4.39 Å². The van der Waals surface area contributed by atoms with E-state index in [9.17, 15) is 19.1 Å². The van der Waals surface area contributed by atoms with Crippen molar-refractivity contribution in [2.24, 2.45) is 0 Å². The molecule has 158 valence electrons. The van der Waals surface area contributed by atoms with Crippen LogP contribution >= 0.6 is 0 Å². The number of benzene rings is 2. The Kier molecular flexibility index (Phi) is 5.66. The average Bonchev–Trinajstić information content (AvgIpc) is 3.24. The minimum Gasteiger partial charge on any atom is -0.481 e. The summed E-state index contributed by atoms with van der Waals surface area (Å²) >= 11 is 0. The number of aromatic nitrogens is 1. The van der Waals surface area contributed by atoms with Crippen LogP contribution in [-0.4, -0.2) is 40.0 Å². The van der Waals surface area contributed by atoms with Gasteiger partial charge in [-0.15, -0.1) is 0 Å². The van der Waals surface area contributed by atoms with Crippen molar-refractivity contribution in [3.63, 3.8) is 0 Å². The number of aliphatic carboxylic acids is 1. The number of hydrogen-bond donors (Lipinski definition) is 1. The zero-order chi connectivity index (χ0) is 22.0. The number of carbonyl (C=O) groups is 2. The van der Waals surface area contributed by atoms with Crippen molar-refractivity contribution in [1.29, 1.82) is 0 Å². The molecule has 2 atom stereocenters. The Morgan fingerprint density at radius 2 is 1.81 bits per heavy atom. The smallest absolute Gasteiger partial charge is 0.326 e. The van der Waals surface area contributed by atoms with E-state index in [0.29, 0.717) is 23.4 Å². The number of pyridine rings is 1. The number of nitrogens with zero attached hydrogens (tertiary/aromatic N) is 2. The van der Waals surface area contributed by atoms with Crippen molar-refractivity contribution in [2.45, 2.75) is 24.9 Å². The summed E-state index contributed by atoms with van der Waals surface area (Å²) in [7, 11) is 1.53. The van der Waals surface area contributed by atoms with Gasteiger partial charge in [-0.2, -0.15) is 0 Å². The Balaban J connectivity index is 1.67. The van der Waals surface area contributed by atoms with Gasteiger partial charge in [-0.05, 0) is 48.7 Å². The molecule has 0 spiro atoms. The lowest BCUT2D eigenvalue weighted by atomic mass is 10.0. The number of rotatable bonds is 5. The van der Waals surface area contributed by atoms with Gasteiger partial charge in [-0.25, -0.2) is 14.2 Å². The predicted octanol–water partition coefficient (Wildman–Crippen LogP) is 4.33. The molecule has 2 heterocycles. The van der Waals surface area contributed by atoms with Crippen molar-refractivity contribution in [3.05, 3.63) is 83.8 Å². The number of ether oxygens (including phenoxy) is 1. The number of halogens is 1. The summed E-state index contributed by atoms with van der Waals surface area (Å²) in [4.78, 5) is 30.6. The molecule has 0 radical (unpaired) electrons.